The summed E-state index contributed by atoms with van der Waals surface area (Å²) in [5.41, 5.74) is 1.06. The van der Waals surface area contributed by atoms with Gasteiger partial charge in [-0.25, -0.2) is 0 Å². The molecule has 114 valence electrons. The van der Waals surface area contributed by atoms with Crippen molar-refractivity contribution in [2.75, 3.05) is 13.1 Å². The molecule has 1 heterocycles. The fourth-order valence-electron chi connectivity index (χ4n) is 2.97. The van der Waals surface area contributed by atoms with E-state index in [9.17, 15) is 9.59 Å². The standard InChI is InChI=1S/C17H23NO3/c1-2-6-15(13-7-4-3-5-8-13)16(19)18-11-9-14(10-12-18)17(20)21/h3-5,7-8,14-15H,2,6,9-12H2,1H3,(H,20,21). The fraction of sp³-hybridized carbons (Fsp3) is 0.529. The summed E-state index contributed by atoms with van der Waals surface area (Å²) in [6.07, 6.45) is 2.92. The summed E-state index contributed by atoms with van der Waals surface area (Å²) in [6.45, 7) is 3.20. The summed E-state index contributed by atoms with van der Waals surface area (Å²) in [4.78, 5) is 25.6. The number of carbonyl (C=O) groups excluding carboxylic acids is 1. The van der Waals surface area contributed by atoms with Crippen molar-refractivity contribution in [2.45, 2.75) is 38.5 Å². The van der Waals surface area contributed by atoms with Gasteiger partial charge in [-0.05, 0) is 24.8 Å². The molecular weight excluding hydrogens is 266 g/mol. The van der Waals surface area contributed by atoms with Gasteiger partial charge in [0.05, 0.1) is 11.8 Å². The van der Waals surface area contributed by atoms with Crippen LogP contribution < -0.4 is 0 Å². The average Bonchev–Trinajstić information content (AvgIpc) is 2.53. The molecular formula is C17H23NO3. The van der Waals surface area contributed by atoms with E-state index in [1.54, 1.807) is 0 Å². The van der Waals surface area contributed by atoms with Crippen LogP contribution in [0.1, 0.15) is 44.1 Å². The highest BCUT2D eigenvalue weighted by molar-refractivity contribution is 5.84. The molecule has 0 aliphatic carbocycles. The van der Waals surface area contributed by atoms with E-state index in [0.717, 1.165) is 18.4 Å². The van der Waals surface area contributed by atoms with Crippen molar-refractivity contribution in [1.29, 1.82) is 0 Å². The maximum Gasteiger partial charge on any atom is 0.306 e. The molecule has 0 aromatic heterocycles. The number of aliphatic carboxylic acids is 1. The van der Waals surface area contributed by atoms with E-state index < -0.39 is 5.97 Å². The molecule has 0 spiro atoms. The van der Waals surface area contributed by atoms with Gasteiger partial charge in [0.25, 0.3) is 0 Å². The summed E-state index contributed by atoms with van der Waals surface area (Å²) in [6, 6.07) is 9.88. The van der Waals surface area contributed by atoms with E-state index in [-0.39, 0.29) is 17.7 Å². The normalized spacial score (nSPS) is 17.5. The molecule has 4 nitrogen and oxygen atoms in total. The third-order valence-corrected chi connectivity index (χ3v) is 4.23. The van der Waals surface area contributed by atoms with Gasteiger partial charge in [0, 0.05) is 13.1 Å². The third kappa shape index (κ3) is 3.84. The predicted molar refractivity (Wildman–Crippen MR) is 81.0 cm³/mol. The zero-order chi connectivity index (χ0) is 15.2. The molecule has 21 heavy (non-hydrogen) atoms. The summed E-state index contributed by atoms with van der Waals surface area (Å²) >= 11 is 0. The highest BCUT2D eigenvalue weighted by Gasteiger charge is 2.30. The Morgan fingerprint density at radius 1 is 1.24 bits per heavy atom. The zero-order valence-corrected chi connectivity index (χ0v) is 12.5. The molecule has 1 amide bonds. The van der Waals surface area contributed by atoms with E-state index in [2.05, 4.69) is 6.92 Å². The van der Waals surface area contributed by atoms with Crippen LogP contribution in [0.15, 0.2) is 30.3 Å². The summed E-state index contributed by atoms with van der Waals surface area (Å²) < 4.78 is 0. The zero-order valence-electron chi connectivity index (χ0n) is 12.5. The number of carboxylic acid groups (broad SMARTS) is 1. The number of carboxylic acids is 1. The fourth-order valence-corrected chi connectivity index (χ4v) is 2.97. The lowest BCUT2D eigenvalue weighted by atomic mass is 9.91. The maximum absolute atomic E-state index is 12.7. The molecule has 1 aromatic rings. The van der Waals surface area contributed by atoms with Gasteiger partial charge in [-0.2, -0.15) is 0 Å². The molecule has 1 atom stereocenters. The topological polar surface area (TPSA) is 57.6 Å². The van der Waals surface area contributed by atoms with Crippen LogP contribution in [0.25, 0.3) is 0 Å². The van der Waals surface area contributed by atoms with Crippen LogP contribution in [-0.4, -0.2) is 35.0 Å². The lowest BCUT2D eigenvalue weighted by Crippen LogP contribution is -2.42. The smallest absolute Gasteiger partial charge is 0.306 e. The van der Waals surface area contributed by atoms with Crippen molar-refractivity contribution in [3.63, 3.8) is 0 Å². The van der Waals surface area contributed by atoms with Gasteiger partial charge < -0.3 is 10.0 Å². The second kappa shape index (κ2) is 7.25. The summed E-state index contributed by atoms with van der Waals surface area (Å²) in [5.74, 6) is -0.991. The number of hydrogen-bond acceptors (Lipinski definition) is 2. The van der Waals surface area contributed by atoms with Gasteiger partial charge in [-0.15, -0.1) is 0 Å². The molecule has 1 aliphatic heterocycles. The first-order valence-corrected chi connectivity index (χ1v) is 7.70. The molecule has 1 unspecified atom stereocenters. The highest BCUT2D eigenvalue weighted by atomic mass is 16.4. The van der Waals surface area contributed by atoms with Crippen molar-refractivity contribution in [1.82, 2.24) is 4.90 Å². The van der Waals surface area contributed by atoms with E-state index in [4.69, 9.17) is 5.11 Å². The number of carbonyl (C=O) groups is 2. The Kier molecular flexibility index (Phi) is 5.37. The largest absolute Gasteiger partial charge is 0.481 e. The van der Waals surface area contributed by atoms with Crippen molar-refractivity contribution >= 4 is 11.9 Å². The van der Waals surface area contributed by atoms with Crippen LogP contribution >= 0.6 is 0 Å². The molecule has 0 bridgehead atoms. The second-order valence-corrected chi connectivity index (χ2v) is 5.69. The Labute approximate surface area is 125 Å². The van der Waals surface area contributed by atoms with Crippen LogP contribution in [0.3, 0.4) is 0 Å². The van der Waals surface area contributed by atoms with Gasteiger partial charge >= 0.3 is 5.97 Å². The van der Waals surface area contributed by atoms with Crippen LogP contribution in [0, 0.1) is 5.92 Å². The molecule has 2 rings (SSSR count). The second-order valence-electron chi connectivity index (χ2n) is 5.69. The maximum atomic E-state index is 12.7. The lowest BCUT2D eigenvalue weighted by Gasteiger charge is -2.33. The van der Waals surface area contributed by atoms with Crippen LogP contribution in [0.4, 0.5) is 0 Å². The molecule has 0 radical (unpaired) electrons. The molecule has 1 aliphatic rings. The van der Waals surface area contributed by atoms with Crippen LogP contribution in [-0.2, 0) is 9.59 Å². The van der Waals surface area contributed by atoms with Crippen molar-refractivity contribution < 1.29 is 14.7 Å². The van der Waals surface area contributed by atoms with Crippen molar-refractivity contribution in [3.05, 3.63) is 35.9 Å². The molecule has 4 heteroatoms. The lowest BCUT2D eigenvalue weighted by molar-refractivity contribution is -0.146. The molecule has 1 saturated heterocycles. The number of piperidine rings is 1. The van der Waals surface area contributed by atoms with E-state index >= 15 is 0 Å². The first-order valence-electron chi connectivity index (χ1n) is 7.70. The quantitative estimate of drug-likeness (QED) is 0.906. The predicted octanol–water partition coefficient (Wildman–Crippen LogP) is 2.89. The third-order valence-electron chi connectivity index (χ3n) is 4.23. The number of hydrogen-bond donors (Lipinski definition) is 1. The van der Waals surface area contributed by atoms with E-state index in [1.807, 2.05) is 35.2 Å². The van der Waals surface area contributed by atoms with E-state index in [0.29, 0.717) is 25.9 Å². The van der Waals surface area contributed by atoms with Gasteiger partial charge in [-0.3, -0.25) is 9.59 Å². The number of nitrogens with zero attached hydrogens (tertiary/aromatic N) is 1. The summed E-state index contributed by atoms with van der Waals surface area (Å²) in [5, 5.41) is 9.03. The SMILES string of the molecule is CCCC(C(=O)N1CCC(C(=O)O)CC1)c1ccccc1. The van der Waals surface area contributed by atoms with Crippen molar-refractivity contribution in [2.24, 2.45) is 5.92 Å². The number of amides is 1. The number of rotatable bonds is 5. The number of likely N-dealkylation sites (tertiary alicyclic amines) is 1. The first kappa shape index (κ1) is 15.5. The Bertz CT molecular complexity index is 478. The van der Waals surface area contributed by atoms with Gasteiger partial charge in [0.2, 0.25) is 5.91 Å². The van der Waals surface area contributed by atoms with Crippen LogP contribution in [0.5, 0.6) is 0 Å². The Morgan fingerprint density at radius 3 is 2.38 bits per heavy atom. The van der Waals surface area contributed by atoms with Gasteiger partial charge in [0.15, 0.2) is 0 Å². The molecule has 1 N–H and O–H groups in total. The van der Waals surface area contributed by atoms with Crippen LogP contribution in [0.2, 0.25) is 0 Å². The number of benzene rings is 1. The van der Waals surface area contributed by atoms with Crippen molar-refractivity contribution in [3.8, 4) is 0 Å². The Morgan fingerprint density at radius 2 is 1.86 bits per heavy atom. The van der Waals surface area contributed by atoms with Gasteiger partial charge in [0.1, 0.15) is 0 Å². The highest BCUT2D eigenvalue weighted by Crippen LogP contribution is 2.26. The summed E-state index contributed by atoms with van der Waals surface area (Å²) in [7, 11) is 0. The minimum atomic E-state index is -0.740. The molecule has 1 fully saturated rings. The molecule has 1 aromatic carbocycles. The molecule has 0 saturated carbocycles. The van der Waals surface area contributed by atoms with Gasteiger partial charge in [-0.1, -0.05) is 43.7 Å². The first-order chi connectivity index (χ1) is 10.1. The minimum absolute atomic E-state index is 0.0995. The monoisotopic (exact) mass is 289 g/mol. The van der Waals surface area contributed by atoms with E-state index in [1.165, 1.54) is 0 Å². The Hall–Kier alpha value is -1.84. The Balaban J connectivity index is 2.04. The average molecular weight is 289 g/mol. The minimum Gasteiger partial charge on any atom is -0.481 e.